The van der Waals surface area contributed by atoms with Crippen LogP contribution in [0.1, 0.15) is 13.8 Å². The van der Waals surface area contributed by atoms with Crippen LogP contribution in [0.25, 0.3) is 0 Å². The first-order valence-corrected chi connectivity index (χ1v) is 2.00. The Balaban J connectivity index is 0. The summed E-state index contributed by atoms with van der Waals surface area (Å²) < 4.78 is 8.25. The van der Waals surface area contributed by atoms with E-state index >= 15 is 0 Å². The van der Waals surface area contributed by atoms with Crippen LogP contribution in [-0.4, -0.2) is 0 Å². The number of hydrogen-bond donors (Lipinski definition) is 0. The van der Waals surface area contributed by atoms with Gasteiger partial charge in [0.1, 0.15) is 0 Å². The zero-order valence-corrected chi connectivity index (χ0v) is 5.05. The van der Waals surface area contributed by atoms with Gasteiger partial charge in [0.05, 0.1) is 0 Å². The molecule has 0 aliphatic heterocycles. The first kappa shape index (κ1) is 9.10. The molecule has 0 radical (unpaired) electrons. The summed E-state index contributed by atoms with van der Waals surface area (Å²) >= 11 is 0.750. The van der Waals surface area contributed by atoms with E-state index in [1.165, 1.54) is 0 Å². The maximum absolute atomic E-state index is 8.25. The summed E-state index contributed by atoms with van der Waals surface area (Å²) in [5.74, 6) is 0. The fourth-order valence-electron chi connectivity index (χ4n) is 0. The van der Waals surface area contributed by atoms with E-state index in [9.17, 15) is 0 Å². The van der Waals surface area contributed by atoms with Gasteiger partial charge in [-0.05, 0) is 0 Å². The number of hydrogen-bond acceptors (Lipinski definition) is 1. The summed E-state index contributed by atoms with van der Waals surface area (Å²) in [5, 5.41) is 0. The van der Waals surface area contributed by atoms with Crippen molar-refractivity contribution in [3.05, 3.63) is 6.42 Å². The predicted molar refractivity (Wildman–Crippen MR) is 16.3 cm³/mol. The van der Waals surface area contributed by atoms with Gasteiger partial charge in [-0.15, -0.1) is 0 Å². The van der Waals surface area contributed by atoms with Crippen molar-refractivity contribution in [1.29, 1.82) is 0 Å². The standard InChI is InChI=1S/C3H7.O.Ti/c1-3-2;;/h3H,1-2H3;;/q-1;;+1. The van der Waals surface area contributed by atoms with E-state index in [1.54, 1.807) is 0 Å². The normalized spacial score (nSPS) is 4.80. The molecule has 0 amide bonds. The zero-order valence-electron chi connectivity index (χ0n) is 3.49. The van der Waals surface area contributed by atoms with Gasteiger partial charge in [0.2, 0.25) is 0 Å². The van der Waals surface area contributed by atoms with Gasteiger partial charge in [0.25, 0.3) is 0 Å². The quantitative estimate of drug-likeness (QED) is 0.334. The fourth-order valence-corrected chi connectivity index (χ4v) is 0. The van der Waals surface area contributed by atoms with E-state index in [0.717, 1.165) is 20.4 Å². The molecule has 0 spiro atoms. The first-order valence-electron chi connectivity index (χ1n) is 1.36. The van der Waals surface area contributed by atoms with Crippen molar-refractivity contribution in [1.82, 2.24) is 0 Å². The Morgan fingerprint density at radius 2 is 1.40 bits per heavy atom. The average molecular weight is 107 g/mol. The van der Waals surface area contributed by atoms with Crippen LogP contribution in [0.15, 0.2) is 0 Å². The Labute approximate surface area is 44.5 Å². The van der Waals surface area contributed by atoms with Crippen LogP contribution in [0.4, 0.5) is 0 Å². The molecule has 0 aliphatic carbocycles. The third kappa shape index (κ3) is 108. The Bertz CT molecular complexity index is 10.9. The Morgan fingerprint density at radius 1 is 1.40 bits per heavy atom. The molecule has 0 aliphatic rings. The fraction of sp³-hybridized carbons (Fsp3) is 0.667. The molecule has 1 nitrogen and oxygen atoms in total. The molecule has 0 N–H and O–H groups in total. The molecule has 0 heterocycles. The van der Waals surface area contributed by atoms with Crippen LogP contribution in [0.5, 0.6) is 0 Å². The van der Waals surface area contributed by atoms with Gasteiger partial charge in [0.15, 0.2) is 0 Å². The third-order valence-electron chi connectivity index (χ3n) is 0. The monoisotopic (exact) mass is 107 g/mol. The molecule has 0 saturated heterocycles. The van der Waals surface area contributed by atoms with E-state index in [0.29, 0.717) is 0 Å². The summed E-state index contributed by atoms with van der Waals surface area (Å²) in [7, 11) is 0. The molecule has 0 unspecified atom stereocenters. The van der Waals surface area contributed by atoms with Crippen molar-refractivity contribution < 1.29 is 23.7 Å². The second-order valence-electron chi connectivity index (χ2n) is 0.577. The van der Waals surface area contributed by atoms with Crippen molar-refractivity contribution >= 4 is 0 Å². The van der Waals surface area contributed by atoms with E-state index in [4.69, 9.17) is 3.32 Å². The van der Waals surface area contributed by atoms with Crippen molar-refractivity contribution in [2.45, 2.75) is 13.8 Å². The zero-order chi connectivity index (χ0) is 4.71. The molecule has 0 rings (SSSR count). The molecule has 0 aromatic carbocycles. The molecular weight excluding hydrogens is 99.9 g/mol. The van der Waals surface area contributed by atoms with Gasteiger partial charge < -0.3 is 6.42 Å². The summed E-state index contributed by atoms with van der Waals surface area (Å²) in [6, 6.07) is 0. The van der Waals surface area contributed by atoms with E-state index in [1.807, 2.05) is 20.3 Å². The van der Waals surface area contributed by atoms with Gasteiger partial charge in [-0.25, -0.2) is 0 Å². The van der Waals surface area contributed by atoms with E-state index < -0.39 is 0 Å². The molecule has 5 heavy (non-hydrogen) atoms. The molecule has 0 atom stereocenters. The molecule has 29 valence electrons. The van der Waals surface area contributed by atoms with E-state index in [-0.39, 0.29) is 0 Å². The van der Waals surface area contributed by atoms with Crippen LogP contribution in [0, 0.1) is 6.42 Å². The molecule has 2 heteroatoms. The Morgan fingerprint density at radius 3 is 1.40 bits per heavy atom. The second kappa shape index (κ2) is 24.3. The van der Waals surface area contributed by atoms with Crippen LogP contribution < -0.4 is 0 Å². The minimum atomic E-state index is 0.750. The second-order valence-corrected chi connectivity index (χ2v) is 0.577. The average Bonchev–Trinajstić information content (AvgIpc) is 1.46. The van der Waals surface area contributed by atoms with Crippen LogP contribution in [0.3, 0.4) is 0 Å². The van der Waals surface area contributed by atoms with Gasteiger partial charge in [0, 0.05) is 0 Å². The van der Waals surface area contributed by atoms with Crippen LogP contribution in [-0.2, 0) is 23.7 Å². The topological polar surface area (TPSA) is 17.1 Å². The first-order chi connectivity index (χ1) is 2.41. The predicted octanol–water partition coefficient (Wildman–Crippen LogP) is 1.11. The van der Waals surface area contributed by atoms with Crippen molar-refractivity contribution in [2.24, 2.45) is 0 Å². The maximum atomic E-state index is 8.25. The van der Waals surface area contributed by atoms with Crippen molar-refractivity contribution in [2.75, 3.05) is 0 Å². The van der Waals surface area contributed by atoms with E-state index in [2.05, 4.69) is 0 Å². The summed E-state index contributed by atoms with van der Waals surface area (Å²) in [5.41, 5.74) is 0. The number of rotatable bonds is 0. The minimum absolute atomic E-state index is 0.750. The summed E-state index contributed by atoms with van der Waals surface area (Å²) in [6.45, 7) is 4.00. The van der Waals surface area contributed by atoms with Gasteiger partial charge >= 0.3 is 23.7 Å². The molecule has 0 fully saturated rings. The van der Waals surface area contributed by atoms with Crippen LogP contribution in [0.2, 0.25) is 0 Å². The molecule has 0 aromatic rings. The van der Waals surface area contributed by atoms with Crippen molar-refractivity contribution in [3.8, 4) is 0 Å². The molecular formula is C3H7OTi. The Hall–Kier alpha value is 0.514. The summed E-state index contributed by atoms with van der Waals surface area (Å²) in [6.07, 6.45) is 2.00. The molecule has 0 bridgehead atoms. The Kier molecular flexibility index (Phi) is 44.2. The van der Waals surface area contributed by atoms with Gasteiger partial charge in [-0.1, -0.05) is 0 Å². The molecule has 0 aromatic heterocycles. The van der Waals surface area contributed by atoms with Crippen molar-refractivity contribution in [3.63, 3.8) is 0 Å². The summed E-state index contributed by atoms with van der Waals surface area (Å²) in [4.78, 5) is 0. The van der Waals surface area contributed by atoms with Crippen LogP contribution >= 0.6 is 0 Å². The van der Waals surface area contributed by atoms with Gasteiger partial charge in [-0.2, -0.15) is 13.8 Å². The van der Waals surface area contributed by atoms with Gasteiger partial charge in [-0.3, -0.25) is 0 Å². The SMILES string of the molecule is C[CH-]C.[O]=[Ti+]. The molecule has 0 saturated carbocycles. The third-order valence-corrected chi connectivity index (χ3v) is 0.